The number of aryl methyl sites for hydroxylation is 1. The molecule has 0 heterocycles. The highest BCUT2D eigenvalue weighted by Crippen LogP contribution is 2.34. The van der Waals surface area contributed by atoms with Crippen LogP contribution in [0.2, 0.25) is 0 Å². The standard InChI is InChI=1S/C18H20N2O/c1-12-8-14(18(19)21)6-7-15(12)10-20-11-16-9-13-4-2-3-5-17(13)16/h2-8,16,20H,9-11H2,1H3,(H2,19,21). The Hall–Kier alpha value is -2.13. The lowest BCUT2D eigenvalue weighted by Gasteiger charge is -2.30. The zero-order chi connectivity index (χ0) is 14.8. The van der Waals surface area contributed by atoms with Crippen molar-refractivity contribution in [3.63, 3.8) is 0 Å². The summed E-state index contributed by atoms with van der Waals surface area (Å²) in [6.45, 7) is 3.83. The second-order valence-electron chi connectivity index (χ2n) is 5.74. The minimum absolute atomic E-state index is 0.372. The summed E-state index contributed by atoms with van der Waals surface area (Å²) in [6.07, 6.45) is 1.17. The van der Waals surface area contributed by atoms with Crippen molar-refractivity contribution < 1.29 is 4.79 Å². The van der Waals surface area contributed by atoms with Crippen molar-refractivity contribution >= 4 is 5.91 Å². The van der Waals surface area contributed by atoms with Gasteiger partial charge in [-0.15, -0.1) is 0 Å². The number of hydrogen-bond donors (Lipinski definition) is 2. The van der Waals surface area contributed by atoms with Crippen molar-refractivity contribution in [3.8, 4) is 0 Å². The highest BCUT2D eigenvalue weighted by Gasteiger charge is 2.24. The van der Waals surface area contributed by atoms with Gasteiger partial charge in [0.25, 0.3) is 0 Å². The van der Waals surface area contributed by atoms with Gasteiger partial charge in [-0.3, -0.25) is 4.79 Å². The molecule has 108 valence electrons. The van der Waals surface area contributed by atoms with E-state index in [-0.39, 0.29) is 5.91 Å². The molecule has 1 aliphatic carbocycles. The van der Waals surface area contributed by atoms with Crippen LogP contribution in [0.4, 0.5) is 0 Å². The van der Waals surface area contributed by atoms with E-state index in [1.54, 1.807) is 6.07 Å². The summed E-state index contributed by atoms with van der Waals surface area (Å²) in [4.78, 5) is 11.1. The molecule has 1 atom stereocenters. The van der Waals surface area contributed by atoms with Crippen LogP contribution in [0.5, 0.6) is 0 Å². The van der Waals surface area contributed by atoms with Gasteiger partial charge < -0.3 is 11.1 Å². The predicted molar refractivity (Wildman–Crippen MR) is 84.3 cm³/mol. The maximum Gasteiger partial charge on any atom is 0.248 e. The molecule has 0 aromatic heterocycles. The number of primary amides is 1. The molecule has 21 heavy (non-hydrogen) atoms. The smallest absolute Gasteiger partial charge is 0.248 e. The third kappa shape index (κ3) is 2.83. The topological polar surface area (TPSA) is 55.1 Å². The Kier molecular flexibility index (Phi) is 3.76. The number of fused-ring (bicyclic) bond motifs is 1. The first-order valence-corrected chi connectivity index (χ1v) is 7.33. The Morgan fingerprint density at radius 3 is 2.81 bits per heavy atom. The van der Waals surface area contributed by atoms with Crippen LogP contribution in [-0.4, -0.2) is 12.5 Å². The number of hydrogen-bond acceptors (Lipinski definition) is 2. The molecule has 0 fully saturated rings. The molecule has 3 rings (SSSR count). The van der Waals surface area contributed by atoms with Crippen molar-refractivity contribution in [2.24, 2.45) is 5.73 Å². The number of nitrogens with one attached hydrogen (secondary N) is 1. The summed E-state index contributed by atoms with van der Waals surface area (Å²) in [5.74, 6) is 0.259. The number of amides is 1. The number of nitrogens with two attached hydrogens (primary N) is 1. The highest BCUT2D eigenvalue weighted by molar-refractivity contribution is 5.93. The molecule has 2 aromatic rings. The van der Waals surface area contributed by atoms with Gasteiger partial charge >= 0.3 is 0 Å². The van der Waals surface area contributed by atoms with E-state index in [1.165, 1.54) is 23.1 Å². The maximum absolute atomic E-state index is 11.1. The molecule has 0 bridgehead atoms. The first kappa shape index (κ1) is 13.8. The number of carbonyl (C=O) groups is 1. The van der Waals surface area contributed by atoms with E-state index in [0.29, 0.717) is 11.5 Å². The van der Waals surface area contributed by atoms with E-state index in [4.69, 9.17) is 5.73 Å². The summed E-state index contributed by atoms with van der Waals surface area (Å²) >= 11 is 0. The molecule has 3 heteroatoms. The van der Waals surface area contributed by atoms with Gasteiger partial charge in [0.15, 0.2) is 0 Å². The Labute approximate surface area is 125 Å². The lowest BCUT2D eigenvalue weighted by atomic mass is 9.77. The summed E-state index contributed by atoms with van der Waals surface area (Å²) in [6, 6.07) is 14.3. The van der Waals surface area contributed by atoms with Crippen LogP contribution in [0.25, 0.3) is 0 Å². The third-order valence-electron chi connectivity index (χ3n) is 4.29. The molecule has 3 nitrogen and oxygen atoms in total. The average Bonchev–Trinajstić information content (AvgIpc) is 2.45. The van der Waals surface area contributed by atoms with Gasteiger partial charge in [0, 0.05) is 24.6 Å². The monoisotopic (exact) mass is 280 g/mol. The molecular formula is C18H20N2O. The van der Waals surface area contributed by atoms with Gasteiger partial charge in [-0.2, -0.15) is 0 Å². The average molecular weight is 280 g/mol. The molecule has 0 radical (unpaired) electrons. The highest BCUT2D eigenvalue weighted by atomic mass is 16.1. The number of carbonyl (C=O) groups excluding carboxylic acids is 1. The first-order valence-electron chi connectivity index (χ1n) is 7.33. The minimum atomic E-state index is -0.372. The van der Waals surface area contributed by atoms with E-state index in [1.807, 2.05) is 19.1 Å². The fraction of sp³-hybridized carbons (Fsp3) is 0.278. The Morgan fingerprint density at radius 1 is 1.29 bits per heavy atom. The van der Waals surface area contributed by atoms with Gasteiger partial charge in [-0.25, -0.2) is 0 Å². The van der Waals surface area contributed by atoms with E-state index in [2.05, 4.69) is 29.6 Å². The quantitative estimate of drug-likeness (QED) is 0.884. The van der Waals surface area contributed by atoms with Gasteiger partial charge in [0.1, 0.15) is 0 Å². The van der Waals surface area contributed by atoms with Crippen molar-refractivity contribution in [1.82, 2.24) is 5.32 Å². The zero-order valence-corrected chi connectivity index (χ0v) is 12.2. The summed E-state index contributed by atoms with van der Waals surface area (Å²) in [7, 11) is 0. The van der Waals surface area contributed by atoms with Gasteiger partial charge in [-0.05, 0) is 47.7 Å². The Morgan fingerprint density at radius 2 is 2.10 bits per heavy atom. The van der Waals surface area contributed by atoms with E-state index in [9.17, 15) is 4.79 Å². The molecule has 1 unspecified atom stereocenters. The molecule has 2 aromatic carbocycles. The largest absolute Gasteiger partial charge is 0.366 e. The van der Waals surface area contributed by atoms with Crippen molar-refractivity contribution in [1.29, 1.82) is 0 Å². The lowest BCUT2D eigenvalue weighted by molar-refractivity contribution is 0.1000. The van der Waals surface area contributed by atoms with Crippen LogP contribution in [0.3, 0.4) is 0 Å². The molecule has 0 spiro atoms. The summed E-state index contributed by atoms with van der Waals surface area (Å²) in [5, 5.41) is 3.52. The SMILES string of the molecule is Cc1cc(C(N)=O)ccc1CNCC1Cc2ccccc21. The van der Waals surface area contributed by atoms with E-state index in [0.717, 1.165) is 18.7 Å². The fourth-order valence-electron chi connectivity index (χ4n) is 2.97. The van der Waals surface area contributed by atoms with Crippen LogP contribution in [0, 0.1) is 6.92 Å². The zero-order valence-electron chi connectivity index (χ0n) is 12.2. The third-order valence-corrected chi connectivity index (χ3v) is 4.29. The van der Waals surface area contributed by atoms with E-state index >= 15 is 0 Å². The van der Waals surface area contributed by atoms with Crippen LogP contribution in [-0.2, 0) is 13.0 Å². The van der Waals surface area contributed by atoms with Gasteiger partial charge in [0.2, 0.25) is 5.91 Å². The van der Waals surface area contributed by atoms with Crippen molar-refractivity contribution in [2.75, 3.05) is 6.54 Å². The molecule has 3 N–H and O–H groups in total. The normalized spacial score (nSPS) is 16.1. The number of benzene rings is 2. The molecule has 0 aliphatic heterocycles. The molecule has 0 saturated carbocycles. The second-order valence-corrected chi connectivity index (χ2v) is 5.74. The molecule has 1 aliphatic rings. The molecule has 0 saturated heterocycles. The predicted octanol–water partition coefficient (Wildman–Crippen LogP) is 2.52. The summed E-state index contributed by atoms with van der Waals surface area (Å²) in [5.41, 5.74) is 11.1. The van der Waals surface area contributed by atoms with Crippen LogP contribution in [0.15, 0.2) is 42.5 Å². The second kappa shape index (κ2) is 5.70. The molecule has 1 amide bonds. The summed E-state index contributed by atoms with van der Waals surface area (Å²) < 4.78 is 0. The van der Waals surface area contributed by atoms with Crippen LogP contribution in [0.1, 0.15) is 38.5 Å². The first-order chi connectivity index (χ1) is 10.1. The fourth-order valence-corrected chi connectivity index (χ4v) is 2.97. The van der Waals surface area contributed by atoms with Gasteiger partial charge in [0.05, 0.1) is 0 Å². The maximum atomic E-state index is 11.1. The van der Waals surface area contributed by atoms with Crippen LogP contribution < -0.4 is 11.1 Å². The number of rotatable bonds is 5. The lowest BCUT2D eigenvalue weighted by Crippen LogP contribution is -2.29. The van der Waals surface area contributed by atoms with E-state index < -0.39 is 0 Å². The van der Waals surface area contributed by atoms with Crippen LogP contribution >= 0.6 is 0 Å². The van der Waals surface area contributed by atoms with Crippen molar-refractivity contribution in [2.45, 2.75) is 25.8 Å². The molecular weight excluding hydrogens is 260 g/mol. The Balaban J connectivity index is 1.56. The van der Waals surface area contributed by atoms with Gasteiger partial charge in [-0.1, -0.05) is 30.3 Å². The Bertz CT molecular complexity index is 679. The minimum Gasteiger partial charge on any atom is -0.366 e. The van der Waals surface area contributed by atoms with Crippen molar-refractivity contribution in [3.05, 3.63) is 70.3 Å².